The monoisotopic (exact) mass is 221 g/mol. The molecule has 1 amide bonds. The number of hydrogen-bond donors (Lipinski definition) is 2. The van der Waals surface area contributed by atoms with E-state index < -0.39 is 5.97 Å². The van der Waals surface area contributed by atoms with Crippen molar-refractivity contribution in [2.75, 3.05) is 6.54 Å². The molecule has 16 heavy (non-hydrogen) atoms. The van der Waals surface area contributed by atoms with Crippen molar-refractivity contribution in [1.82, 2.24) is 5.32 Å². The second kappa shape index (κ2) is 5.90. The molecule has 0 heterocycles. The summed E-state index contributed by atoms with van der Waals surface area (Å²) in [5, 5.41) is 11.0. The van der Waals surface area contributed by atoms with E-state index in [1.54, 1.807) is 12.1 Å². The van der Waals surface area contributed by atoms with E-state index in [1.807, 2.05) is 19.1 Å². The third-order valence-corrected chi connectivity index (χ3v) is 2.27. The van der Waals surface area contributed by atoms with Crippen molar-refractivity contribution < 1.29 is 14.7 Å². The van der Waals surface area contributed by atoms with Crippen molar-refractivity contribution >= 4 is 11.9 Å². The summed E-state index contributed by atoms with van der Waals surface area (Å²) < 4.78 is 0. The molecule has 4 heteroatoms. The van der Waals surface area contributed by atoms with Gasteiger partial charge in [0.1, 0.15) is 0 Å². The summed E-state index contributed by atoms with van der Waals surface area (Å²) >= 11 is 0. The molecule has 86 valence electrons. The number of nitrogens with one attached hydrogen (secondary N) is 1. The first-order valence-electron chi connectivity index (χ1n) is 5.23. The topological polar surface area (TPSA) is 66.4 Å². The number of benzene rings is 1. The third kappa shape index (κ3) is 3.38. The SMILES string of the molecule is CCc1ccccc1C(=O)NCCC(=O)O. The van der Waals surface area contributed by atoms with Crippen LogP contribution in [0, 0.1) is 0 Å². The molecule has 1 rings (SSSR count). The fraction of sp³-hybridized carbons (Fsp3) is 0.333. The summed E-state index contributed by atoms with van der Waals surface area (Å²) in [6, 6.07) is 7.32. The van der Waals surface area contributed by atoms with Gasteiger partial charge in [0, 0.05) is 12.1 Å². The number of aryl methyl sites for hydroxylation is 1. The van der Waals surface area contributed by atoms with E-state index in [1.165, 1.54) is 0 Å². The van der Waals surface area contributed by atoms with Crippen LogP contribution in [-0.2, 0) is 11.2 Å². The zero-order valence-corrected chi connectivity index (χ0v) is 9.19. The van der Waals surface area contributed by atoms with E-state index in [4.69, 9.17) is 5.11 Å². The van der Waals surface area contributed by atoms with Crippen LogP contribution in [0.1, 0.15) is 29.3 Å². The minimum atomic E-state index is -0.913. The molecular weight excluding hydrogens is 206 g/mol. The zero-order chi connectivity index (χ0) is 12.0. The minimum absolute atomic E-state index is 0.0555. The number of hydrogen-bond acceptors (Lipinski definition) is 2. The first-order valence-corrected chi connectivity index (χ1v) is 5.23. The van der Waals surface area contributed by atoms with Crippen molar-refractivity contribution in [1.29, 1.82) is 0 Å². The Hall–Kier alpha value is -1.84. The maximum atomic E-state index is 11.7. The van der Waals surface area contributed by atoms with Gasteiger partial charge in [-0.2, -0.15) is 0 Å². The van der Waals surface area contributed by atoms with E-state index >= 15 is 0 Å². The predicted molar refractivity (Wildman–Crippen MR) is 60.4 cm³/mol. The van der Waals surface area contributed by atoms with Gasteiger partial charge in [0.05, 0.1) is 6.42 Å². The molecule has 2 N–H and O–H groups in total. The van der Waals surface area contributed by atoms with Gasteiger partial charge >= 0.3 is 5.97 Å². The van der Waals surface area contributed by atoms with Crippen LogP contribution in [0.25, 0.3) is 0 Å². The van der Waals surface area contributed by atoms with Crippen molar-refractivity contribution in [3.63, 3.8) is 0 Å². The molecule has 0 bridgehead atoms. The van der Waals surface area contributed by atoms with Gasteiger partial charge in [-0.15, -0.1) is 0 Å². The number of carbonyl (C=O) groups is 2. The summed E-state index contributed by atoms with van der Waals surface area (Å²) in [7, 11) is 0. The third-order valence-electron chi connectivity index (χ3n) is 2.27. The van der Waals surface area contributed by atoms with Gasteiger partial charge in [-0.05, 0) is 18.1 Å². The quantitative estimate of drug-likeness (QED) is 0.790. The number of aliphatic carboxylic acids is 1. The van der Waals surface area contributed by atoms with E-state index in [9.17, 15) is 9.59 Å². The highest BCUT2D eigenvalue weighted by Crippen LogP contribution is 2.08. The first kappa shape index (κ1) is 12.2. The average Bonchev–Trinajstić information content (AvgIpc) is 2.28. The first-order chi connectivity index (χ1) is 7.65. The summed E-state index contributed by atoms with van der Waals surface area (Å²) in [4.78, 5) is 22.0. The van der Waals surface area contributed by atoms with Gasteiger partial charge in [0.2, 0.25) is 0 Å². The van der Waals surface area contributed by atoms with Crippen LogP contribution in [0.4, 0.5) is 0 Å². The summed E-state index contributed by atoms with van der Waals surface area (Å²) in [6.45, 7) is 2.13. The Labute approximate surface area is 94.3 Å². The van der Waals surface area contributed by atoms with Crippen molar-refractivity contribution in [3.05, 3.63) is 35.4 Å². The van der Waals surface area contributed by atoms with Crippen molar-refractivity contribution in [3.8, 4) is 0 Å². The normalized spacial score (nSPS) is 9.81. The molecule has 0 unspecified atom stereocenters. The molecule has 4 nitrogen and oxygen atoms in total. The lowest BCUT2D eigenvalue weighted by Crippen LogP contribution is -2.26. The molecule has 0 fully saturated rings. The molecule has 0 radical (unpaired) electrons. The Morgan fingerprint density at radius 1 is 1.31 bits per heavy atom. The van der Waals surface area contributed by atoms with Gasteiger partial charge in [-0.3, -0.25) is 9.59 Å². The van der Waals surface area contributed by atoms with E-state index in [0.29, 0.717) is 5.56 Å². The zero-order valence-electron chi connectivity index (χ0n) is 9.19. The standard InChI is InChI=1S/C12H15NO3/c1-2-9-5-3-4-6-10(9)12(16)13-8-7-11(14)15/h3-6H,2,7-8H2,1H3,(H,13,16)(H,14,15). The highest BCUT2D eigenvalue weighted by Gasteiger charge is 2.09. The highest BCUT2D eigenvalue weighted by atomic mass is 16.4. The van der Waals surface area contributed by atoms with Crippen LogP contribution in [0.5, 0.6) is 0 Å². The molecule has 0 aliphatic carbocycles. The Morgan fingerprint density at radius 3 is 2.62 bits per heavy atom. The van der Waals surface area contributed by atoms with Crippen molar-refractivity contribution in [2.45, 2.75) is 19.8 Å². The van der Waals surface area contributed by atoms with E-state index in [2.05, 4.69) is 5.32 Å². The van der Waals surface area contributed by atoms with Crippen LogP contribution in [0.3, 0.4) is 0 Å². The van der Waals surface area contributed by atoms with Gasteiger partial charge < -0.3 is 10.4 Å². The Kier molecular flexibility index (Phi) is 4.51. The average molecular weight is 221 g/mol. The molecule has 1 aromatic rings. The molecule has 1 aromatic carbocycles. The Balaban J connectivity index is 2.62. The molecule has 0 aromatic heterocycles. The van der Waals surface area contributed by atoms with Gasteiger partial charge in [0.15, 0.2) is 0 Å². The minimum Gasteiger partial charge on any atom is -0.481 e. The van der Waals surface area contributed by atoms with Crippen LogP contribution in [0.2, 0.25) is 0 Å². The largest absolute Gasteiger partial charge is 0.481 e. The summed E-state index contributed by atoms with van der Waals surface area (Å²) in [5.41, 5.74) is 1.59. The van der Waals surface area contributed by atoms with Crippen LogP contribution >= 0.6 is 0 Å². The van der Waals surface area contributed by atoms with Crippen LogP contribution < -0.4 is 5.32 Å². The van der Waals surface area contributed by atoms with Gasteiger partial charge in [-0.25, -0.2) is 0 Å². The molecule has 0 atom stereocenters. The molecule has 0 spiro atoms. The van der Waals surface area contributed by atoms with E-state index in [-0.39, 0.29) is 18.9 Å². The molecule has 0 aliphatic heterocycles. The van der Waals surface area contributed by atoms with Crippen LogP contribution in [-0.4, -0.2) is 23.5 Å². The van der Waals surface area contributed by atoms with Crippen LogP contribution in [0.15, 0.2) is 24.3 Å². The molecule has 0 saturated heterocycles. The van der Waals surface area contributed by atoms with Crippen molar-refractivity contribution in [2.24, 2.45) is 0 Å². The number of rotatable bonds is 5. The fourth-order valence-corrected chi connectivity index (χ4v) is 1.43. The smallest absolute Gasteiger partial charge is 0.305 e. The lowest BCUT2D eigenvalue weighted by Gasteiger charge is -2.07. The highest BCUT2D eigenvalue weighted by molar-refractivity contribution is 5.95. The lowest BCUT2D eigenvalue weighted by molar-refractivity contribution is -0.136. The number of carboxylic acid groups (broad SMARTS) is 1. The molecule has 0 aliphatic rings. The maximum Gasteiger partial charge on any atom is 0.305 e. The summed E-state index contributed by atoms with van der Waals surface area (Å²) in [6.07, 6.45) is 0.725. The number of carboxylic acids is 1. The van der Waals surface area contributed by atoms with Gasteiger partial charge in [0.25, 0.3) is 5.91 Å². The lowest BCUT2D eigenvalue weighted by atomic mass is 10.0. The molecule has 0 saturated carbocycles. The Morgan fingerprint density at radius 2 is 2.00 bits per heavy atom. The summed E-state index contributed by atoms with van der Waals surface area (Å²) in [5.74, 6) is -1.12. The number of amides is 1. The second-order valence-corrected chi connectivity index (χ2v) is 3.41. The fourth-order valence-electron chi connectivity index (χ4n) is 1.43. The maximum absolute atomic E-state index is 11.7. The van der Waals surface area contributed by atoms with Gasteiger partial charge in [-0.1, -0.05) is 25.1 Å². The Bertz CT molecular complexity index is 388. The van der Waals surface area contributed by atoms with E-state index in [0.717, 1.165) is 12.0 Å². The molecular formula is C12H15NO3. The second-order valence-electron chi connectivity index (χ2n) is 3.41. The predicted octanol–water partition coefficient (Wildman–Crippen LogP) is 1.45. The number of carbonyl (C=O) groups excluding carboxylic acids is 1.